The van der Waals surface area contributed by atoms with Gasteiger partial charge in [-0.2, -0.15) is 0 Å². The number of fused-ring (bicyclic) bond motifs is 10. The molecular formula is C74H68N6O. The van der Waals surface area contributed by atoms with Crippen molar-refractivity contribution in [3.63, 3.8) is 0 Å². The molecule has 81 heavy (non-hydrogen) atoms. The summed E-state index contributed by atoms with van der Waals surface area (Å²) in [6.45, 7) is 13.7. The molecule has 400 valence electrons. The molecule has 4 aromatic heterocycles. The molecule has 0 saturated carbocycles. The maximum absolute atomic E-state index is 9.36. The molecule has 0 spiro atoms. The Morgan fingerprint density at radius 2 is 1.09 bits per heavy atom. The maximum Gasteiger partial charge on any atom is 0.137 e. The average Bonchev–Trinajstić information content (AvgIpc) is 1.52. The fourth-order valence-electron chi connectivity index (χ4n) is 12.2. The van der Waals surface area contributed by atoms with Crippen LogP contribution in [-0.2, 0) is 30.2 Å². The van der Waals surface area contributed by atoms with E-state index in [1.807, 2.05) is 125 Å². The van der Waals surface area contributed by atoms with Gasteiger partial charge in [0.2, 0.25) is 0 Å². The molecule has 0 amide bonds. The van der Waals surface area contributed by atoms with E-state index in [2.05, 4.69) is 109 Å². The molecule has 7 heteroatoms. The largest absolute Gasteiger partial charge is 0.457 e. The standard InChI is InChI=1S/C74H68N6O/c1-72(2,3)49-30-34-62-56(38-49)58-42-59-57-39-50(73(4,5)6)31-35-63(57)77(11)70(59)71(69(58)76(62)10)79-45-78(65-28-20-21-29-66(65)79)51-36-48(46-22-14-12-15-23-46)37-53(40-51)81-52-32-33-55-54-26-18-19-27-64(54)80(67(55)41-52)68-43-61(74(7,8)9)60(44-75-68)47-24-16-13-17-25-47/h12-44H,45H2,1-11H3/i10D3,11D3,12D,14D,15D,22D,23D. The predicted molar refractivity (Wildman–Crippen MR) is 342 cm³/mol. The minimum absolute atomic E-state index is 0.0127. The van der Waals surface area contributed by atoms with Crippen LogP contribution in [0.2, 0.25) is 0 Å². The molecule has 1 aliphatic rings. The van der Waals surface area contributed by atoms with E-state index in [1.165, 1.54) is 9.13 Å². The van der Waals surface area contributed by atoms with Crippen LogP contribution < -0.4 is 14.5 Å². The van der Waals surface area contributed by atoms with Crippen molar-refractivity contribution in [1.29, 1.82) is 0 Å². The molecule has 0 fully saturated rings. The molecule has 0 atom stereocenters. The summed E-state index contributed by atoms with van der Waals surface area (Å²) in [5.74, 6) is 1.44. The first-order valence-electron chi connectivity index (χ1n) is 33.1. The highest BCUT2D eigenvalue weighted by Gasteiger charge is 2.34. The summed E-state index contributed by atoms with van der Waals surface area (Å²) in [5.41, 5.74) is 10.0. The van der Waals surface area contributed by atoms with E-state index in [0.717, 1.165) is 55.4 Å². The topological polar surface area (TPSA) is 43.4 Å². The van der Waals surface area contributed by atoms with E-state index in [9.17, 15) is 11.0 Å². The Kier molecular flexibility index (Phi) is 8.85. The molecule has 14 rings (SSSR count). The number of para-hydroxylation sites is 3. The van der Waals surface area contributed by atoms with Crippen molar-refractivity contribution in [1.82, 2.24) is 18.7 Å². The van der Waals surface area contributed by atoms with Crippen LogP contribution in [-0.4, -0.2) is 25.4 Å². The van der Waals surface area contributed by atoms with Crippen molar-refractivity contribution in [3.05, 3.63) is 217 Å². The number of hydrogen-bond donors (Lipinski definition) is 0. The van der Waals surface area contributed by atoms with Crippen LogP contribution >= 0.6 is 0 Å². The van der Waals surface area contributed by atoms with Gasteiger partial charge in [-0.1, -0.05) is 165 Å². The predicted octanol–water partition coefficient (Wildman–Crippen LogP) is 19.7. The number of aromatic nitrogens is 4. The van der Waals surface area contributed by atoms with Gasteiger partial charge in [-0.05, 0) is 128 Å². The molecule has 7 nitrogen and oxygen atoms in total. The SMILES string of the molecule is [2H]c1c([2H])c([2H])c(-c2cc(Oc3ccc4c5ccccc5n(-c5cc(C(C)(C)C)c(-c6ccccc6)cn5)c4c3)cc(N3CN(c4c5c(cc6c7cc(C(C)(C)C)ccc7n(C([2H])([2H])[2H])c46)c4cc(C(C)(C)C)ccc4n5C([2H])([2H])[2H])c4ccccc43)c2)c([2H])c1[2H]. The monoisotopic (exact) mass is 1070 g/mol. The normalized spacial score (nSPS) is 15.5. The van der Waals surface area contributed by atoms with Gasteiger partial charge in [-0.25, -0.2) is 4.98 Å². The first-order chi connectivity index (χ1) is 43.4. The maximum atomic E-state index is 9.36. The first kappa shape index (κ1) is 39.3. The lowest BCUT2D eigenvalue weighted by atomic mass is 9.82. The zero-order chi connectivity index (χ0) is 65.2. The van der Waals surface area contributed by atoms with Crippen molar-refractivity contribution >= 4 is 88.2 Å². The molecule has 0 aliphatic carbocycles. The van der Waals surface area contributed by atoms with E-state index in [0.29, 0.717) is 72.1 Å². The minimum Gasteiger partial charge on any atom is -0.457 e. The highest BCUT2D eigenvalue weighted by molar-refractivity contribution is 6.25. The van der Waals surface area contributed by atoms with E-state index < -0.39 is 44.2 Å². The molecule has 0 N–H and O–H groups in total. The van der Waals surface area contributed by atoms with Crippen LogP contribution in [0.1, 0.15) is 94.1 Å². The summed E-state index contributed by atoms with van der Waals surface area (Å²) in [5, 5.41) is 4.66. The number of hydrogen-bond acceptors (Lipinski definition) is 4. The summed E-state index contributed by atoms with van der Waals surface area (Å²) < 4.78 is 113. The lowest BCUT2D eigenvalue weighted by Gasteiger charge is -2.25. The summed E-state index contributed by atoms with van der Waals surface area (Å²) in [6.07, 6.45) is 1.95. The van der Waals surface area contributed by atoms with E-state index >= 15 is 0 Å². The highest BCUT2D eigenvalue weighted by atomic mass is 16.5. The number of nitrogens with zero attached hydrogens (tertiary/aromatic N) is 6. The van der Waals surface area contributed by atoms with Crippen LogP contribution in [0.3, 0.4) is 0 Å². The Balaban J connectivity index is 1.00. The number of rotatable bonds is 7. The van der Waals surface area contributed by atoms with Gasteiger partial charge in [0.05, 0.1) is 46.0 Å². The molecule has 0 radical (unpaired) electrons. The van der Waals surface area contributed by atoms with Crippen molar-refractivity contribution < 1.29 is 19.8 Å². The molecule has 0 bridgehead atoms. The fourth-order valence-corrected chi connectivity index (χ4v) is 12.2. The van der Waals surface area contributed by atoms with Crippen LogP contribution in [0.4, 0.5) is 22.7 Å². The van der Waals surface area contributed by atoms with Crippen molar-refractivity contribution in [2.45, 2.75) is 78.6 Å². The summed E-state index contributed by atoms with van der Waals surface area (Å²) >= 11 is 0. The van der Waals surface area contributed by atoms with E-state index in [1.54, 1.807) is 12.1 Å². The van der Waals surface area contributed by atoms with Gasteiger partial charge in [0.1, 0.15) is 24.0 Å². The highest BCUT2D eigenvalue weighted by Crippen LogP contribution is 2.52. The van der Waals surface area contributed by atoms with Crippen LogP contribution in [0, 0.1) is 0 Å². The molecule has 0 unspecified atom stereocenters. The third-order valence-electron chi connectivity index (χ3n) is 16.4. The lowest BCUT2D eigenvalue weighted by Crippen LogP contribution is -2.25. The lowest BCUT2D eigenvalue weighted by molar-refractivity contribution is 0.483. The molecular weight excluding hydrogens is 989 g/mol. The van der Waals surface area contributed by atoms with Gasteiger partial charge < -0.3 is 23.7 Å². The van der Waals surface area contributed by atoms with Crippen molar-refractivity contribution in [2.75, 3.05) is 16.5 Å². The third-order valence-corrected chi connectivity index (χ3v) is 16.4. The molecule has 5 heterocycles. The Labute approximate surface area is 490 Å². The Bertz CT molecular complexity index is 5080. The number of benzene rings is 9. The Morgan fingerprint density at radius 3 is 1.73 bits per heavy atom. The minimum atomic E-state index is -2.76. The van der Waals surface area contributed by atoms with Gasteiger partial charge >= 0.3 is 0 Å². The smallest absolute Gasteiger partial charge is 0.137 e. The van der Waals surface area contributed by atoms with Gasteiger partial charge in [0.25, 0.3) is 0 Å². The van der Waals surface area contributed by atoms with Crippen LogP contribution in [0.25, 0.3) is 93.5 Å². The zero-order valence-corrected chi connectivity index (χ0v) is 47.0. The second kappa shape index (κ2) is 18.2. The molecule has 0 saturated heterocycles. The van der Waals surface area contributed by atoms with Crippen molar-refractivity contribution in [3.8, 4) is 39.6 Å². The first-order valence-corrected chi connectivity index (χ1v) is 27.6. The fraction of sp³-hybridized carbons (Fsp3) is 0.203. The Morgan fingerprint density at radius 1 is 0.469 bits per heavy atom. The molecule has 1 aliphatic heterocycles. The van der Waals surface area contributed by atoms with Crippen LogP contribution in [0.5, 0.6) is 11.5 Å². The van der Waals surface area contributed by atoms with Gasteiger partial charge in [0.15, 0.2) is 0 Å². The van der Waals surface area contributed by atoms with Crippen LogP contribution in [0.15, 0.2) is 200 Å². The average molecular weight is 1070 g/mol. The molecule has 13 aromatic rings. The Hall–Kier alpha value is -9.07. The number of ether oxygens (including phenoxy) is 1. The zero-order valence-electron chi connectivity index (χ0n) is 58.0. The third kappa shape index (κ3) is 8.18. The van der Waals surface area contributed by atoms with Crippen molar-refractivity contribution in [2.24, 2.45) is 14.0 Å². The summed E-state index contributed by atoms with van der Waals surface area (Å²) in [4.78, 5) is 9.16. The van der Waals surface area contributed by atoms with Gasteiger partial charge in [-0.15, -0.1) is 0 Å². The van der Waals surface area contributed by atoms with Gasteiger partial charge in [-0.3, -0.25) is 4.57 Å². The quantitative estimate of drug-likeness (QED) is 0.160. The van der Waals surface area contributed by atoms with Gasteiger partial charge in [0, 0.05) is 95.1 Å². The number of aryl methyl sites for hydroxylation is 2. The van der Waals surface area contributed by atoms with E-state index in [4.69, 9.17) is 13.8 Å². The second-order valence-electron chi connectivity index (χ2n) is 24.7. The second-order valence-corrected chi connectivity index (χ2v) is 24.7. The number of anilines is 4. The summed E-state index contributed by atoms with van der Waals surface area (Å²) in [7, 11) is 0. The van der Waals surface area contributed by atoms with E-state index in [-0.39, 0.29) is 39.8 Å². The summed E-state index contributed by atoms with van der Waals surface area (Å²) in [6, 6.07) is 50.9. The number of pyridine rings is 1. The molecule has 9 aromatic carbocycles.